The van der Waals surface area contributed by atoms with E-state index in [1.54, 1.807) is 0 Å². The van der Waals surface area contributed by atoms with Crippen LogP contribution in [0.5, 0.6) is 0 Å². The summed E-state index contributed by atoms with van der Waals surface area (Å²) in [6.07, 6.45) is 10.9. The molecule has 166 valence electrons. The van der Waals surface area contributed by atoms with Gasteiger partial charge in [-0.3, -0.25) is 4.90 Å². The Balaban J connectivity index is 1.20. The standard InChI is InChI=1S/C23H38N6O/c1-27-12-14-28(15-13-27)22-10-9-19(16-24-22)17-25-23(30)26-20-6-5-11-29(18-20)21-7-3-2-4-8-21/h9-10,16,20-21H,2-8,11-15,17-18H2,1H3,(H2,25,26,30). The molecule has 3 heterocycles. The van der Waals surface area contributed by atoms with E-state index in [1.165, 1.54) is 45.1 Å². The maximum absolute atomic E-state index is 12.4. The van der Waals surface area contributed by atoms with Crippen LogP contribution < -0.4 is 15.5 Å². The van der Waals surface area contributed by atoms with Crippen molar-refractivity contribution < 1.29 is 4.79 Å². The van der Waals surface area contributed by atoms with Crippen LogP contribution in [0.1, 0.15) is 50.5 Å². The number of rotatable bonds is 5. The molecule has 0 spiro atoms. The molecule has 3 aliphatic rings. The number of likely N-dealkylation sites (tertiary alicyclic amines) is 1. The van der Waals surface area contributed by atoms with Gasteiger partial charge < -0.3 is 20.4 Å². The van der Waals surface area contributed by atoms with Gasteiger partial charge in [-0.15, -0.1) is 0 Å². The van der Waals surface area contributed by atoms with Crippen molar-refractivity contribution in [3.63, 3.8) is 0 Å². The summed E-state index contributed by atoms with van der Waals surface area (Å²) < 4.78 is 0. The van der Waals surface area contributed by atoms with E-state index >= 15 is 0 Å². The summed E-state index contributed by atoms with van der Waals surface area (Å²) >= 11 is 0. The van der Waals surface area contributed by atoms with E-state index in [-0.39, 0.29) is 12.1 Å². The Morgan fingerprint density at radius 1 is 1.03 bits per heavy atom. The molecule has 2 N–H and O–H groups in total. The van der Waals surface area contributed by atoms with Gasteiger partial charge in [-0.2, -0.15) is 0 Å². The molecular formula is C23H38N6O. The predicted octanol–water partition coefficient (Wildman–Crippen LogP) is 2.43. The smallest absolute Gasteiger partial charge is 0.315 e. The van der Waals surface area contributed by atoms with Crippen molar-refractivity contribution in [3.05, 3.63) is 23.9 Å². The molecule has 0 aromatic carbocycles. The zero-order valence-electron chi connectivity index (χ0n) is 18.5. The molecule has 7 nitrogen and oxygen atoms in total. The molecule has 7 heteroatoms. The summed E-state index contributed by atoms with van der Waals surface area (Å²) in [5.41, 5.74) is 1.04. The molecule has 1 aliphatic carbocycles. The van der Waals surface area contributed by atoms with Crippen molar-refractivity contribution >= 4 is 11.8 Å². The third kappa shape index (κ3) is 5.85. The van der Waals surface area contributed by atoms with E-state index in [1.807, 2.05) is 6.20 Å². The molecule has 2 amide bonds. The summed E-state index contributed by atoms with van der Waals surface area (Å²) in [5, 5.41) is 6.22. The monoisotopic (exact) mass is 414 g/mol. The largest absolute Gasteiger partial charge is 0.354 e. The molecule has 2 aliphatic heterocycles. The number of urea groups is 1. The minimum absolute atomic E-state index is 0.0614. The highest BCUT2D eigenvalue weighted by molar-refractivity contribution is 5.74. The third-order valence-electron chi connectivity index (χ3n) is 6.97. The lowest BCUT2D eigenvalue weighted by Crippen LogP contribution is -2.53. The summed E-state index contributed by atoms with van der Waals surface area (Å²) in [4.78, 5) is 24.3. The van der Waals surface area contributed by atoms with Gasteiger partial charge in [-0.05, 0) is 50.9 Å². The number of anilines is 1. The first kappa shape index (κ1) is 21.4. The fourth-order valence-electron chi connectivity index (χ4n) is 5.06. The van der Waals surface area contributed by atoms with Crippen molar-refractivity contribution in [1.29, 1.82) is 0 Å². The van der Waals surface area contributed by atoms with E-state index in [0.29, 0.717) is 6.54 Å². The maximum atomic E-state index is 12.4. The first-order valence-electron chi connectivity index (χ1n) is 11.8. The number of nitrogens with one attached hydrogen (secondary N) is 2. The van der Waals surface area contributed by atoms with Crippen molar-refractivity contribution in [2.24, 2.45) is 0 Å². The molecule has 2 saturated heterocycles. The molecular weight excluding hydrogens is 376 g/mol. The number of carbonyl (C=O) groups excluding carboxylic acids is 1. The maximum Gasteiger partial charge on any atom is 0.315 e. The number of nitrogens with zero attached hydrogens (tertiary/aromatic N) is 4. The summed E-state index contributed by atoms with van der Waals surface area (Å²) in [5.74, 6) is 1.03. The summed E-state index contributed by atoms with van der Waals surface area (Å²) in [6, 6.07) is 5.08. The van der Waals surface area contributed by atoms with E-state index in [2.05, 4.69) is 49.5 Å². The zero-order chi connectivity index (χ0) is 20.8. The Labute approximate surface area is 181 Å². The van der Waals surface area contributed by atoms with Gasteiger partial charge in [-0.25, -0.2) is 9.78 Å². The highest BCUT2D eigenvalue weighted by Crippen LogP contribution is 2.25. The molecule has 3 fully saturated rings. The lowest BCUT2D eigenvalue weighted by atomic mass is 9.92. The number of aromatic nitrogens is 1. The van der Waals surface area contributed by atoms with E-state index in [4.69, 9.17) is 0 Å². The molecule has 1 saturated carbocycles. The van der Waals surface area contributed by atoms with Gasteiger partial charge in [0.15, 0.2) is 0 Å². The van der Waals surface area contributed by atoms with Gasteiger partial charge in [0, 0.05) is 57.5 Å². The molecule has 4 rings (SSSR count). The Bertz CT molecular complexity index is 667. The van der Waals surface area contributed by atoms with E-state index in [9.17, 15) is 4.79 Å². The molecule has 0 radical (unpaired) electrons. The number of amides is 2. The highest BCUT2D eigenvalue weighted by Gasteiger charge is 2.27. The van der Waals surface area contributed by atoms with Crippen LogP contribution in [0.2, 0.25) is 0 Å². The minimum Gasteiger partial charge on any atom is -0.354 e. The minimum atomic E-state index is -0.0614. The van der Waals surface area contributed by atoms with Crippen LogP contribution in [0.25, 0.3) is 0 Å². The van der Waals surface area contributed by atoms with Crippen molar-refractivity contribution in [2.75, 3.05) is 51.2 Å². The molecule has 30 heavy (non-hydrogen) atoms. The summed E-state index contributed by atoms with van der Waals surface area (Å²) in [7, 11) is 2.16. The van der Waals surface area contributed by atoms with Gasteiger partial charge >= 0.3 is 6.03 Å². The molecule has 1 atom stereocenters. The van der Waals surface area contributed by atoms with Crippen molar-refractivity contribution in [1.82, 2.24) is 25.4 Å². The van der Waals surface area contributed by atoms with Gasteiger partial charge in [-0.1, -0.05) is 25.3 Å². The lowest BCUT2D eigenvalue weighted by Gasteiger charge is -2.40. The van der Waals surface area contributed by atoms with Crippen molar-refractivity contribution in [3.8, 4) is 0 Å². The average Bonchev–Trinajstić information content (AvgIpc) is 2.79. The predicted molar refractivity (Wildman–Crippen MR) is 121 cm³/mol. The van der Waals surface area contributed by atoms with Crippen LogP contribution in [0.15, 0.2) is 18.3 Å². The van der Waals surface area contributed by atoms with E-state index in [0.717, 1.165) is 56.6 Å². The number of likely N-dealkylation sites (N-methyl/N-ethyl adjacent to an activating group) is 1. The first-order valence-corrected chi connectivity index (χ1v) is 11.8. The van der Waals surface area contributed by atoms with Gasteiger partial charge in [0.05, 0.1) is 0 Å². The molecule has 1 aromatic heterocycles. The normalized spacial score (nSPS) is 24.6. The molecule has 0 bridgehead atoms. The number of piperazine rings is 1. The van der Waals surface area contributed by atoms with Gasteiger partial charge in [0.1, 0.15) is 5.82 Å². The molecule has 1 unspecified atom stereocenters. The quantitative estimate of drug-likeness (QED) is 0.775. The van der Waals surface area contributed by atoms with Crippen LogP contribution >= 0.6 is 0 Å². The highest BCUT2D eigenvalue weighted by atomic mass is 16.2. The SMILES string of the molecule is CN1CCN(c2ccc(CNC(=O)NC3CCCN(C4CCCCC4)C3)cn2)CC1. The fraction of sp³-hybridized carbons (Fsp3) is 0.739. The lowest BCUT2D eigenvalue weighted by molar-refractivity contribution is 0.112. The number of piperidine rings is 1. The zero-order valence-corrected chi connectivity index (χ0v) is 18.5. The van der Waals surface area contributed by atoms with Crippen LogP contribution in [0.4, 0.5) is 10.6 Å². The summed E-state index contributed by atoms with van der Waals surface area (Å²) in [6.45, 7) is 6.89. The number of hydrogen-bond acceptors (Lipinski definition) is 5. The van der Waals surface area contributed by atoms with E-state index < -0.39 is 0 Å². The number of carbonyl (C=O) groups is 1. The van der Waals surface area contributed by atoms with Crippen molar-refractivity contribution in [2.45, 2.75) is 63.6 Å². The number of hydrogen-bond donors (Lipinski definition) is 2. The Kier molecular flexibility index (Phi) is 7.44. The molecule has 1 aromatic rings. The fourth-order valence-corrected chi connectivity index (χ4v) is 5.06. The second kappa shape index (κ2) is 10.4. The second-order valence-corrected chi connectivity index (χ2v) is 9.27. The Morgan fingerprint density at radius 3 is 2.57 bits per heavy atom. The Hall–Kier alpha value is -1.86. The number of pyridine rings is 1. The van der Waals surface area contributed by atoms with Crippen LogP contribution in [0, 0.1) is 0 Å². The van der Waals surface area contributed by atoms with Crippen LogP contribution in [-0.4, -0.2) is 79.2 Å². The van der Waals surface area contributed by atoms with Crippen LogP contribution in [0.3, 0.4) is 0 Å². The average molecular weight is 415 g/mol. The first-order chi connectivity index (χ1) is 14.7. The third-order valence-corrected chi connectivity index (χ3v) is 6.97. The van der Waals surface area contributed by atoms with Gasteiger partial charge in [0.2, 0.25) is 0 Å². The Morgan fingerprint density at radius 2 is 1.83 bits per heavy atom. The van der Waals surface area contributed by atoms with Gasteiger partial charge in [0.25, 0.3) is 0 Å². The second-order valence-electron chi connectivity index (χ2n) is 9.27. The van der Waals surface area contributed by atoms with Crippen LogP contribution in [-0.2, 0) is 6.54 Å². The topological polar surface area (TPSA) is 63.7 Å².